The maximum Gasteiger partial charge on any atom is 0.0897 e. The van der Waals surface area contributed by atoms with Crippen molar-refractivity contribution in [3.8, 4) is 0 Å². The molecule has 0 spiro atoms. The standard InChI is InChI=1S/C17H35NO3/c1-4-14-7-5-6-8-17(14)21-12-16(20)10-18-15(11-19)9-13(2)3/h13-20H,4-12H2,1-3H3. The van der Waals surface area contributed by atoms with E-state index in [2.05, 4.69) is 26.1 Å². The van der Waals surface area contributed by atoms with Crippen LogP contribution in [0.3, 0.4) is 0 Å². The first-order chi connectivity index (χ1) is 10.1. The molecule has 4 nitrogen and oxygen atoms in total. The molecule has 4 atom stereocenters. The van der Waals surface area contributed by atoms with Gasteiger partial charge in [0.25, 0.3) is 0 Å². The normalized spacial score (nSPS) is 26.0. The van der Waals surface area contributed by atoms with Gasteiger partial charge in [0, 0.05) is 12.6 Å². The van der Waals surface area contributed by atoms with Crippen LogP contribution in [-0.2, 0) is 4.74 Å². The first-order valence-corrected chi connectivity index (χ1v) is 8.70. The Morgan fingerprint density at radius 2 is 1.95 bits per heavy atom. The quantitative estimate of drug-likeness (QED) is 0.579. The van der Waals surface area contributed by atoms with E-state index in [0.29, 0.717) is 31.1 Å². The van der Waals surface area contributed by atoms with Crippen LogP contribution in [0.2, 0.25) is 0 Å². The summed E-state index contributed by atoms with van der Waals surface area (Å²) in [6, 6.07) is 0.0673. The lowest BCUT2D eigenvalue weighted by Crippen LogP contribution is -2.41. The van der Waals surface area contributed by atoms with E-state index >= 15 is 0 Å². The zero-order valence-electron chi connectivity index (χ0n) is 14.1. The number of hydrogen-bond acceptors (Lipinski definition) is 4. The molecule has 1 aliphatic carbocycles. The van der Waals surface area contributed by atoms with Gasteiger partial charge in [-0.05, 0) is 31.1 Å². The average Bonchev–Trinajstić information content (AvgIpc) is 2.49. The molecule has 0 radical (unpaired) electrons. The molecule has 0 heterocycles. The Morgan fingerprint density at radius 3 is 2.57 bits per heavy atom. The van der Waals surface area contributed by atoms with Gasteiger partial charge < -0.3 is 20.3 Å². The number of aliphatic hydroxyl groups is 2. The average molecular weight is 301 g/mol. The van der Waals surface area contributed by atoms with E-state index in [0.717, 1.165) is 12.8 Å². The zero-order valence-corrected chi connectivity index (χ0v) is 14.1. The minimum atomic E-state index is -0.495. The summed E-state index contributed by atoms with van der Waals surface area (Å²) in [7, 11) is 0. The van der Waals surface area contributed by atoms with Gasteiger partial charge in [-0.15, -0.1) is 0 Å². The van der Waals surface area contributed by atoms with E-state index in [9.17, 15) is 10.2 Å². The zero-order chi connectivity index (χ0) is 15.7. The Balaban J connectivity index is 2.21. The lowest BCUT2D eigenvalue weighted by Gasteiger charge is -2.31. The van der Waals surface area contributed by atoms with E-state index < -0.39 is 6.10 Å². The van der Waals surface area contributed by atoms with Crippen LogP contribution < -0.4 is 5.32 Å². The highest BCUT2D eigenvalue weighted by atomic mass is 16.5. The molecule has 21 heavy (non-hydrogen) atoms. The summed E-state index contributed by atoms with van der Waals surface area (Å²) in [6.07, 6.45) is 6.87. The van der Waals surface area contributed by atoms with Gasteiger partial charge in [0.05, 0.1) is 25.4 Å². The van der Waals surface area contributed by atoms with Gasteiger partial charge in [-0.3, -0.25) is 0 Å². The second-order valence-electron chi connectivity index (χ2n) is 6.90. The molecule has 1 aliphatic rings. The molecule has 1 saturated carbocycles. The third-order valence-electron chi connectivity index (χ3n) is 4.48. The van der Waals surface area contributed by atoms with Crippen LogP contribution in [0.25, 0.3) is 0 Å². The summed E-state index contributed by atoms with van der Waals surface area (Å²) in [5.74, 6) is 1.20. The molecule has 1 rings (SSSR count). The topological polar surface area (TPSA) is 61.7 Å². The van der Waals surface area contributed by atoms with Gasteiger partial charge in [0.15, 0.2) is 0 Å². The third-order valence-corrected chi connectivity index (χ3v) is 4.48. The fourth-order valence-corrected chi connectivity index (χ4v) is 3.25. The number of ether oxygens (including phenoxy) is 1. The highest BCUT2D eigenvalue weighted by molar-refractivity contribution is 4.76. The predicted molar refractivity (Wildman–Crippen MR) is 86.3 cm³/mol. The van der Waals surface area contributed by atoms with Gasteiger partial charge in [0.2, 0.25) is 0 Å². The van der Waals surface area contributed by atoms with Crippen LogP contribution in [0, 0.1) is 11.8 Å². The minimum Gasteiger partial charge on any atom is -0.395 e. The summed E-state index contributed by atoms with van der Waals surface area (Å²) in [6.45, 7) is 7.50. The summed E-state index contributed by atoms with van der Waals surface area (Å²) in [5.41, 5.74) is 0. The maximum atomic E-state index is 10.0. The van der Waals surface area contributed by atoms with Crippen LogP contribution in [0.1, 0.15) is 59.3 Å². The van der Waals surface area contributed by atoms with Crippen LogP contribution in [0.15, 0.2) is 0 Å². The number of nitrogens with one attached hydrogen (secondary N) is 1. The van der Waals surface area contributed by atoms with Crippen molar-refractivity contribution in [3.63, 3.8) is 0 Å². The highest BCUT2D eigenvalue weighted by Gasteiger charge is 2.25. The summed E-state index contributed by atoms with van der Waals surface area (Å²) < 4.78 is 5.94. The molecule has 0 aromatic heterocycles. The van der Waals surface area contributed by atoms with E-state index in [4.69, 9.17) is 4.74 Å². The molecule has 4 unspecified atom stereocenters. The van der Waals surface area contributed by atoms with Gasteiger partial charge in [-0.1, -0.05) is 40.0 Å². The molecule has 0 aromatic carbocycles. The molecule has 3 N–H and O–H groups in total. The molecular weight excluding hydrogens is 266 g/mol. The van der Waals surface area contributed by atoms with Crippen molar-refractivity contribution in [1.29, 1.82) is 0 Å². The van der Waals surface area contributed by atoms with Crippen LogP contribution in [-0.4, -0.2) is 48.2 Å². The van der Waals surface area contributed by atoms with Gasteiger partial charge >= 0.3 is 0 Å². The van der Waals surface area contributed by atoms with Gasteiger partial charge in [-0.2, -0.15) is 0 Å². The lowest BCUT2D eigenvalue weighted by molar-refractivity contribution is -0.0506. The summed E-state index contributed by atoms with van der Waals surface area (Å²) >= 11 is 0. The summed E-state index contributed by atoms with van der Waals surface area (Å²) in [4.78, 5) is 0. The fraction of sp³-hybridized carbons (Fsp3) is 1.00. The smallest absolute Gasteiger partial charge is 0.0897 e. The second kappa shape index (κ2) is 10.5. The highest BCUT2D eigenvalue weighted by Crippen LogP contribution is 2.29. The molecule has 0 amide bonds. The molecule has 0 aromatic rings. The van der Waals surface area contributed by atoms with Crippen LogP contribution >= 0.6 is 0 Å². The Labute approximate surface area is 130 Å². The Bertz CT molecular complexity index is 260. The molecule has 0 bridgehead atoms. The largest absolute Gasteiger partial charge is 0.395 e. The van der Waals surface area contributed by atoms with Crippen molar-refractivity contribution in [1.82, 2.24) is 5.32 Å². The molecule has 1 fully saturated rings. The van der Waals surface area contributed by atoms with Crippen LogP contribution in [0.5, 0.6) is 0 Å². The maximum absolute atomic E-state index is 10.0. The Kier molecular flexibility index (Phi) is 9.49. The second-order valence-corrected chi connectivity index (χ2v) is 6.90. The van der Waals surface area contributed by atoms with E-state index in [-0.39, 0.29) is 12.6 Å². The van der Waals surface area contributed by atoms with Gasteiger partial charge in [0.1, 0.15) is 0 Å². The number of hydrogen-bond donors (Lipinski definition) is 3. The van der Waals surface area contributed by atoms with Crippen molar-refractivity contribution in [2.45, 2.75) is 77.5 Å². The van der Waals surface area contributed by atoms with E-state index in [1.807, 2.05) is 0 Å². The van der Waals surface area contributed by atoms with Crippen molar-refractivity contribution in [2.24, 2.45) is 11.8 Å². The van der Waals surface area contributed by atoms with Crippen molar-refractivity contribution < 1.29 is 14.9 Å². The number of aliphatic hydroxyl groups excluding tert-OH is 2. The first-order valence-electron chi connectivity index (χ1n) is 8.70. The lowest BCUT2D eigenvalue weighted by atomic mass is 9.85. The van der Waals surface area contributed by atoms with E-state index in [1.54, 1.807) is 0 Å². The fourth-order valence-electron chi connectivity index (χ4n) is 3.25. The van der Waals surface area contributed by atoms with E-state index in [1.165, 1.54) is 25.7 Å². The Morgan fingerprint density at radius 1 is 1.24 bits per heavy atom. The first kappa shape index (κ1) is 18.9. The molecule has 0 aliphatic heterocycles. The SMILES string of the molecule is CCC1CCCCC1OCC(O)CNC(CO)CC(C)C. The van der Waals surface area contributed by atoms with Crippen molar-refractivity contribution >= 4 is 0 Å². The van der Waals surface area contributed by atoms with Crippen molar-refractivity contribution in [2.75, 3.05) is 19.8 Å². The molecule has 0 saturated heterocycles. The predicted octanol–water partition coefficient (Wildman–Crippen LogP) is 2.33. The van der Waals surface area contributed by atoms with Crippen molar-refractivity contribution in [3.05, 3.63) is 0 Å². The number of rotatable bonds is 10. The third kappa shape index (κ3) is 7.59. The molecule has 126 valence electrons. The molecule has 4 heteroatoms. The summed E-state index contributed by atoms with van der Waals surface area (Å²) in [5, 5.41) is 22.6. The monoisotopic (exact) mass is 301 g/mol. The minimum absolute atomic E-state index is 0.0673. The van der Waals surface area contributed by atoms with Gasteiger partial charge in [-0.25, -0.2) is 0 Å². The molecular formula is C17H35NO3. The Hall–Kier alpha value is -0.160. The van der Waals surface area contributed by atoms with Crippen LogP contribution in [0.4, 0.5) is 0 Å².